The Kier molecular flexibility index (Phi) is 5.08. The third-order valence-corrected chi connectivity index (χ3v) is 6.54. The molecule has 0 saturated heterocycles. The second-order valence-electron chi connectivity index (χ2n) is 8.57. The van der Waals surface area contributed by atoms with Crippen LogP contribution in [0.5, 0.6) is 5.75 Å². The van der Waals surface area contributed by atoms with Gasteiger partial charge in [0.15, 0.2) is 0 Å². The fourth-order valence-electron chi connectivity index (χ4n) is 4.90. The Hall–Kier alpha value is -4.36. The van der Waals surface area contributed by atoms with Crippen LogP contribution >= 0.6 is 0 Å². The van der Waals surface area contributed by atoms with Gasteiger partial charge in [-0.15, -0.1) is 0 Å². The normalized spacial score (nSPS) is 14.2. The van der Waals surface area contributed by atoms with E-state index in [2.05, 4.69) is 122 Å². The number of para-hydroxylation sites is 1. The molecule has 5 aromatic carbocycles. The zero-order valence-corrected chi connectivity index (χ0v) is 18.8. The molecule has 0 spiro atoms. The van der Waals surface area contributed by atoms with E-state index in [0.29, 0.717) is 0 Å². The summed E-state index contributed by atoms with van der Waals surface area (Å²) in [4.78, 5) is 0. The monoisotopic (exact) mass is 436 g/mol. The van der Waals surface area contributed by atoms with Gasteiger partial charge in [0.2, 0.25) is 0 Å². The number of hydrogen-bond donors (Lipinski definition) is 0. The Balaban J connectivity index is 1.55. The van der Waals surface area contributed by atoms with Gasteiger partial charge in [0.1, 0.15) is 11.9 Å². The summed E-state index contributed by atoms with van der Waals surface area (Å²) in [6, 6.07) is 44.3. The van der Waals surface area contributed by atoms with Gasteiger partial charge in [-0.2, -0.15) is 0 Å². The van der Waals surface area contributed by atoms with Gasteiger partial charge in [0.05, 0.1) is 0 Å². The highest BCUT2D eigenvalue weighted by molar-refractivity contribution is 5.90. The van der Waals surface area contributed by atoms with Crippen LogP contribution in [0.25, 0.3) is 39.0 Å². The van der Waals surface area contributed by atoms with Gasteiger partial charge in [-0.25, -0.2) is 0 Å². The van der Waals surface area contributed by atoms with Gasteiger partial charge >= 0.3 is 0 Å². The lowest BCUT2D eigenvalue weighted by molar-refractivity contribution is 0.267. The second-order valence-corrected chi connectivity index (χ2v) is 8.57. The van der Waals surface area contributed by atoms with Crippen molar-refractivity contribution in [3.8, 4) is 39.1 Å². The van der Waals surface area contributed by atoms with Crippen molar-refractivity contribution in [1.82, 2.24) is 0 Å². The quantitative estimate of drug-likeness (QED) is 0.273. The minimum Gasteiger partial charge on any atom is -0.480 e. The lowest BCUT2D eigenvalue weighted by Gasteiger charge is -2.32. The van der Waals surface area contributed by atoms with Crippen LogP contribution in [0.2, 0.25) is 0 Å². The predicted octanol–water partition coefficient (Wildman–Crippen LogP) is 8.83. The van der Waals surface area contributed by atoms with Gasteiger partial charge in [-0.1, -0.05) is 134 Å². The summed E-state index contributed by atoms with van der Waals surface area (Å²) in [5.74, 6) is 0.875. The number of fused-ring (bicyclic) bond motifs is 3. The van der Waals surface area contributed by atoms with E-state index in [4.69, 9.17) is 4.74 Å². The van der Waals surface area contributed by atoms with Crippen molar-refractivity contribution in [1.29, 1.82) is 0 Å². The van der Waals surface area contributed by atoms with Crippen LogP contribution in [0, 0.1) is 0 Å². The van der Waals surface area contributed by atoms with Gasteiger partial charge in [-0.3, -0.25) is 0 Å². The highest BCUT2D eigenvalue weighted by atomic mass is 16.5. The topological polar surface area (TPSA) is 9.23 Å². The van der Waals surface area contributed by atoms with Crippen molar-refractivity contribution >= 4 is 5.57 Å². The van der Waals surface area contributed by atoms with Crippen LogP contribution in [-0.2, 0) is 0 Å². The molecule has 1 heteroatoms. The Morgan fingerprint density at radius 2 is 0.912 bits per heavy atom. The first-order valence-corrected chi connectivity index (χ1v) is 11.6. The SMILES string of the molecule is C=C1c2ccccc2-c2ccccc2C1Oc1c(-c2ccccc2)cccc1-c1ccccc1. The molecule has 0 aliphatic heterocycles. The lowest BCUT2D eigenvalue weighted by atomic mass is 9.81. The fraction of sp³-hybridized carbons (Fsp3) is 0.0303. The summed E-state index contributed by atoms with van der Waals surface area (Å²) in [5.41, 5.74) is 10.1. The Morgan fingerprint density at radius 3 is 1.53 bits per heavy atom. The molecule has 0 amide bonds. The molecule has 1 nitrogen and oxygen atoms in total. The summed E-state index contributed by atoms with van der Waals surface area (Å²) in [5, 5.41) is 0. The van der Waals surface area contributed by atoms with Crippen molar-refractivity contribution < 1.29 is 4.74 Å². The highest BCUT2D eigenvalue weighted by Gasteiger charge is 2.30. The van der Waals surface area contributed by atoms with E-state index in [9.17, 15) is 0 Å². The number of benzene rings is 5. The van der Waals surface area contributed by atoms with Crippen molar-refractivity contribution in [3.63, 3.8) is 0 Å². The molecule has 1 aliphatic carbocycles. The van der Waals surface area contributed by atoms with E-state index >= 15 is 0 Å². The van der Waals surface area contributed by atoms with Crippen LogP contribution in [0.1, 0.15) is 17.2 Å². The van der Waals surface area contributed by atoms with Crippen LogP contribution in [0.15, 0.2) is 134 Å². The zero-order chi connectivity index (χ0) is 22.9. The molecule has 1 unspecified atom stereocenters. The number of rotatable bonds is 4. The largest absolute Gasteiger partial charge is 0.480 e. The molecule has 0 fully saturated rings. The van der Waals surface area contributed by atoms with Crippen LogP contribution in [-0.4, -0.2) is 0 Å². The summed E-state index contributed by atoms with van der Waals surface area (Å²) >= 11 is 0. The van der Waals surface area contributed by atoms with Crippen LogP contribution < -0.4 is 4.74 Å². The molecule has 1 atom stereocenters. The van der Waals surface area contributed by atoms with Gasteiger partial charge < -0.3 is 4.74 Å². The molecular formula is C33H24O. The summed E-state index contributed by atoms with van der Waals surface area (Å²) < 4.78 is 7.02. The van der Waals surface area contributed by atoms with E-state index in [-0.39, 0.29) is 6.10 Å². The van der Waals surface area contributed by atoms with E-state index in [0.717, 1.165) is 44.7 Å². The number of ether oxygens (including phenoxy) is 1. The maximum Gasteiger partial charge on any atom is 0.150 e. The predicted molar refractivity (Wildman–Crippen MR) is 142 cm³/mol. The maximum absolute atomic E-state index is 7.02. The number of hydrogen-bond acceptors (Lipinski definition) is 1. The van der Waals surface area contributed by atoms with Crippen molar-refractivity contribution in [2.75, 3.05) is 0 Å². The molecule has 0 aromatic heterocycles. The second kappa shape index (κ2) is 8.53. The van der Waals surface area contributed by atoms with Crippen molar-refractivity contribution in [2.45, 2.75) is 6.10 Å². The average molecular weight is 437 g/mol. The molecule has 1 aliphatic rings. The molecular weight excluding hydrogens is 412 g/mol. The Morgan fingerprint density at radius 1 is 0.441 bits per heavy atom. The fourth-order valence-corrected chi connectivity index (χ4v) is 4.90. The van der Waals surface area contributed by atoms with Crippen molar-refractivity contribution in [2.24, 2.45) is 0 Å². The van der Waals surface area contributed by atoms with Gasteiger partial charge in [0.25, 0.3) is 0 Å². The average Bonchev–Trinajstić information content (AvgIpc) is 2.92. The molecule has 5 aromatic rings. The minimum absolute atomic E-state index is 0.279. The lowest BCUT2D eigenvalue weighted by Crippen LogP contribution is -2.16. The molecule has 0 bridgehead atoms. The first-order chi connectivity index (χ1) is 16.8. The van der Waals surface area contributed by atoms with Crippen LogP contribution in [0.3, 0.4) is 0 Å². The molecule has 6 rings (SSSR count). The first-order valence-electron chi connectivity index (χ1n) is 11.6. The molecule has 162 valence electrons. The zero-order valence-electron chi connectivity index (χ0n) is 18.8. The minimum atomic E-state index is -0.279. The summed E-state index contributed by atoms with van der Waals surface area (Å²) in [7, 11) is 0. The van der Waals surface area contributed by atoms with Gasteiger partial charge in [0, 0.05) is 16.7 Å². The third-order valence-electron chi connectivity index (χ3n) is 6.54. The highest BCUT2D eigenvalue weighted by Crippen LogP contribution is 2.49. The van der Waals surface area contributed by atoms with Crippen molar-refractivity contribution in [3.05, 3.63) is 145 Å². The first kappa shape index (κ1) is 20.3. The van der Waals surface area contributed by atoms with E-state index in [1.807, 2.05) is 12.1 Å². The Labute approximate surface area is 200 Å². The summed E-state index contributed by atoms with van der Waals surface area (Å²) in [6.07, 6.45) is -0.279. The smallest absolute Gasteiger partial charge is 0.150 e. The molecule has 34 heavy (non-hydrogen) atoms. The molecule has 0 radical (unpaired) electrons. The summed E-state index contributed by atoms with van der Waals surface area (Å²) in [6.45, 7) is 4.51. The van der Waals surface area contributed by atoms with Crippen LogP contribution in [0.4, 0.5) is 0 Å². The molecule has 0 saturated carbocycles. The van der Waals surface area contributed by atoms with E-state index in [1.54, 1.807) is 0 Å². The molecule has 0 heterocycles. The van der Waals surface area contributed by atoms with E-state index < -0.39 is 0 Å². The standard InChI is InChI=1S/C33H24O/c1-23-26-17-8-9-18-29(26)30-19-10-11-20-31(30)32(23)34-33-27(24-13-4-2-5-14-24)21-12-22-28(33)25-15-6-3-7-16-25/h2-22,32H,1H2. The maximum atomic E-state index is 7.02. The molecule has 0 N–H and O–H groups in total. The third kappa shape index (κ3) is 3.43. The van der Waals surface area contributed by atoms with Gasteiger partial charge in [-0.05, 0) is 33.4 Å². The Bertz CT molecular complexity index is 1420. The van der Waals surface area contributed by atoms with E-state index in [1.165, 1.54) is 11.1 Å².